The molecule has 0 amide bonds. The molecule has 0 saturated carbocycles. The van der Waals surface area contributed by atoms with Crippen molar-refractivity contribution in [2.45, 2.75) is 65.2 Å². The standard InChI is InChI=1S/C13H27NS2.K/c1-3-5-7-9-11-14(13(15)16)12-10-8-6-4-2;/h3-12H2,1-2H3,(H,15,16);/q;+1/p-1. The molecule has 0 spiro atoms. The third-order valence-electron chi connectivity index (χ3n) is 2.82. The first-order chi connectivity index (χ1) is 7.72. The second-order valence-electron chi connectivity index (χ2n) is 4.37. The Morgan fingerprint density at radius 2 is 1.29 bits per heavy atom. The van der Waals surface area contributed by atoms with Crippen molar-refractivity contribution >= 4 is 29.2 Å². The zero-order valence-electron chi connectivity index (χ0n) is 11.8. The third kappa shape index (κ3) is 14.0. The molecule has 0 aliphatic carbocycles. The first-order valence-electron chi connectivity index (χ1n) is 6.68. The Bertz CT molecular complexity index is 165. The maximum absolute atomic E-state index is 5.11. The molecular formula is C13H26KNS2. The first-order valence-corrected chi connectivity index (χ1v) is 7.50. The summed E-state index contributed by atoms with van der Waals surface area (Å²) in [5.41, 5.74) is 0. The van der Waals surface area contributed by atoms with Gasteiger partial charge in [0.25, 0.3) is 0 Å². The number of rotatable bonds is 10. The summed E-state index contributed by atoms with van der Waals surface area (Å²) in [4.78, 5) is 2.20. The van der Waals surface area contributed by atoms with Crippen LogP contribution in [0, 0.1) is 0 Å². The number of hydrogen-bond donors (Lipinski definition) is 0. The molecule has 96 valence electrons. The van der Waals surface area contributed by atoms with E-state index in [0.29, 0.717) is 4.32 Å². The van der Waals surface area contributed by atoms with Gasteiger partial charge in [0.1, 0.15) is 0 Å². The van der Waals surface area contributed by atoms with Gasteiger partial charge >= 0.3 is 51.4 Å². The topological polar surface area (TPSA) is 3.24 Å². The summed E-state index contributed by atoms with van der Waals surface area (Å²) in [6.45, 7) is 6.60. The molecule has 0 heterocycles. The van der Waals surface area contributed by atoms with Gasteiger partial charge in [0, 0.05) is 13.1 Å². The molecule has 4 heteroatoms. The van der Waals surface area contributed by atoms with Gasteiger partial charge in [-0.3, -0.25) is 0 Å². The summed E-state index contributed by atoms with van der Waals surface area (Å²) in [5, 5.41) is 0. The number of nitrogens with zero attached hydrogens (tertiary/aromatic N) is 1. The fourth-order valence-electron chi connectivity index (χ4n) is 1.75. The largest absolute Gasteiger partial charge is 1.00 e. The minimum atomic E-state index is 0. The Balaban J connectivity index is 0. The van der Waals surface area contributed by atoms with Crippen LogP contribution in [-0.4, -0.2) is 22.3 Å². The van der Waals surface area contributed by atoms with Gasteiger partial charge in [-0.15, -0.1) is 0 Å². The molecule has 0 N–H and O–H groups in total. The molecule has 0 unspecified atom stereocenters. The zero-order chi connectivity index (χ0) is 12.2. The molecule has 0 fully saturated rings. The Morgan fingerprint density at radius 1 is 0.882 bits per heavy atom. The second-order valence-corrected chi connectivity index (χ2v) is 5.41. The Hall–Kier alpha value is 1.75. The maximum atomic E-state index is 5.11. The van der Waals surface area contributed by atoms with E-state index in [-0.39, 0.29) is 51.4 Å². The molecule has 0 atom stereocenters. The fourth-order valence-corrected chi connectivity index (χ4v) is 2.12. The fraction of sp³-hybridized carbons (Fsp3) is 0.923. The van der Waals surface area contributed by atoms with Gasteiger partial charge in [-0.05, 0) is 12.8 Å². The molecule has 0 bridgehead atoms. The van der Waals surface area contributed by atoms with E-state index in [1.165, 1.54) is 51.4 Å². The first kappa shape index (κ1) is 21.1. The van der Waals surface area contributed by atoms with Crippen LogP contribution in [0.1, 0.15) is 65.2 Å². The van der Waals surface area contributed by atoms with Gasteiger partial charge in [0.15, 0.2) is 0 Å². The average molecular weight is 300 g/mol. The number of hydrogen-bond acceptors (Lipinski definition) is 2. The second kappa shape index (κ2) is 15.8. The number of thiocarbonyl (C=S) groups is 1. The van der Waals surface area contributed by atoms with Gasteiger partial charge in [0.05, 0.1) is 0 Å². The van der Waals surface area contributed by atoms with Crippen molar-refractivity contribution in [1.82, 2.24) is 4.90 Å². The van der Waals surface area contributed by atoms with E-state index in [1.54, 1.807) is 0 Å². The van der Waals surface area contributed by atoms with E-state index in [4.69, 9.17) is 24.8 Å². The SMILES string of the molecule is CCCCCCN(CCCCCC)C(=S)[S-].[K+]. The van der Waals surface area contributed by atoms with E-state index in [2.05, 4.69) is 18.7 Å². The van der Waals surface area contributed by atoms with Gasteiger partial charge < -0.3 is 29.7 Å². The van der Waals surface area contributed by atoms with Crippen molar-refractivity contribution < 1.29 is 51.4 Å². The molecule has 0 rings (SSSR count). The van der Waals surface area contributed by atoms with Crippen LogP contribution in [0.3, 0.4) is 0 Å². The van der Waals surface area contributed by atoms with Crippen LogP contribution in [0.2, 0.25) is 0 Å². The summed E-state index contributed by atoms with van der Waals surface area (Å²) in [6.07, 6.45) is 10.3. The summed E-state index contributed by atoms with van der Waals surface area (Å²) in [5.74, 6) is 0. The molecule has 0 saturated heterocycles. The molecule has 0 aliphatic heterocycles. The molecule has 0 radical (unpaired) electrons. The van der Waals surface area contributed by atoms with Crippen LogP contribution >= 0.6 is 12.2 Å². The minimum Gasteiger partial charge on any atom is -0.411 e. The van der Waals surface area contributed by atoms with Crippen LogP contribution in [0.15, 0.2) is 0 Å². The molecule has 0 aromatic carbocycles. The summed E-state index contributed by atoms with van der Waals surface area (Å²) < 4.78 is 0.660. The zero-order valence-corrected chi connectivity index (χ0v) is 16.6. The van der Waals surface area contributed by atoms with Crippen molar-refractivity contribution in [3.63, 3.8) is 0 Å². The van der Waals surface area contributed by atoms with E-state index < -0.39 is 0 Å². The van der Waals surface area contributed by atoms with Crippen LogP contribution in [0.5, 0.6) is 0 Å². The van der Waals surface area contributed by atoms with Crippen LogP contribution in [0.4, 0.5) is 0 Å². The smallest absolute Gasteiger partial charge is 0.411 e. The monoisotopic (exact) mass is 299 g/mol. The van der Waals surface area contributed by atoms with Crippen molar-refractivity contribution in [2.24, 2.45) is 0 Å². The molecule has 1 nitrogen and oxygen atoms in total. The molecular weight excluding hydrogens is 273 g/mol. The van der Waals surface area contributed by atoms with Gasteiger partial charge in [-0.25, -0.2) is 0 Å². The quantitative estimate of drug-likeness (QED) is 0.259. The Labute approximate surface area is 161 Å². The third-order valence-corrected chi connectivity index (χ3v) is 3.34. The van der Waals surface area contributed by atoms with Crippen molar-refractivity contribution in [3.8, 4) is 0 Å². The summed E-state index contributed by atoms with van der Waals surface area (Å²) in [7, 11) is 0. The van der Waals surface area contributed by atoms with Gasteiger partial charge in [-0.1, -0.05) is 56.7 Å². The molecule has 0 aromatic heterocycles. The number of unbranched alkanes of at least 4 members (excludes halogenated alkanes) is 6. The van der Waals surface area contributed by atoms with E-state index in [9.17, 15) is 0 Å². The van der Waals surface area contributed by atoms with E-state index in [0.717, 1.165) is 13.1 Å². The van der Waals surface area contributed by atoms with Gasteiger partial charge in [0.2, 0.25) is 0 Å². The van der Waals surface area contributed by atoms with E-state index >= 15 is 0 Å². The normalized spacial score (nSPS) is 9.76. The summed E-state index contributed by atoms with van der Waals surface area (Å²) >= 11 is 10.2. The maximum Gasteiger partial charge on any atom is 1.00 e. The molecule has 17 heavy (non-hydrogen) atoms. The molecule has 0 aromatic rings. The predicted molar refractivity (Wildman–Crippen MR) is 79.8 cm³/mol. The Kier molecular flexibility index (Phi) is 19.6. The summed E-state index contributed by atoms with van der Waals surface area (Å²) in [6, 6.07) is 0. The average Bonchev–Trinajstić information content (AvgIpc) is 2.26. The minimum absolute atomic E-state index is 0. The predicted octanol–water partition coefficient (Wildman–Crippen LogP) is 1.28. The van der Waals surface area contributed by atoms with Crippen LogP contribution < -0.4 is 51.4 Å². The Morgan fingerprint density at radius 3 is 1.59 bits per heavy atom. The van der Waals surface area contributed by atoms with Crippen molar-refractivity contribution in [3.05, 3.63) is 0 Å². The van der Waals surface area contributed by atoms with Crippen molar-refractivity contribution in [1.29, 1.82) is 0 Å². The van der Waals surface area contributed by atoms with E-state index in [1.807, 2.05) is 0 Å². The van der Waals surface area contributed by atoms with Crippen LogP contribution in [0.25, 0.3) is 0 Å². The van der Waals surface area contributed by atoms with Crippen molar-refractivity contribution in [2.75, 3.05) is 13.1 Å². The van der Waals surface area contributed by atoms with Crippen LogP contribution in [-0.2, 0) is 12.6 Å². The van der Waals surface area contributed by atoms with Gasteiger partial charge in [-0.2, -0.15) is 0 Å². The molecule has 0 aliphatic rings.